The summed E-state index contributed by atoms with van der Waals surface area (Å²) in [5, 5.41) is 12.6. The molecule has 0 aromatic heterocycles. The summed E-state index contributed by atoms with van der Waals surface area (Å²) in [5.74, 6) is -5.72. The van der Waals surface area contributed by atoms with Gasteiger partial charge in [0.25, 0.3) is 0 Å². The average Bonchev–Trinajstić information content (AvgIpc) is 2.28. The number of anilines is 1. The molecule has 0 heterocycles. The Morgan fingerprint density at radius 2 is 1.89 bits per heavy atom. The Bertz CT molecular complexity index is 508. The van der Waals surface area contributed by atoms with Gasteiger partial charge in [0.2, 0.25) is 0 Å². The molecule has 0 aliphatic heterocycles. The number of urea groups is 1. The first-order chi connectivity index (χ1) is 8.81. The molecule has 0 spiro atoms. The molecule has 5 nitrogen and oxygen atoms in total. The minimum absolute atomic E-state index is 0.326. The Hall–Kier alpha value is -2.25. The minimum Gasteiger partial charge on any atom is -0.481 e. The lowest BCUT2D eigenvalue weighted by Gasteiger charge is -2.13. The minimum atomic E-state index is -1.70. The number of carbonyl (C=O) groups is 2. The molecule has 0 fully saturated rings. The lowest BCUT2D eigenvalue weighted by Crippen LogP contribution is -2.37. The van der Waals surface area contributed by atoms with Crippen LogP contribution in [0, 0.1) is 17.5 Å². The third kappa shape index (κ3) is 4.16. The van der Waals surface area contributed by atoms with Crippen molar-refractivity contribution >= 4 is 17.7 Å². The molecule has 3 N–H and O–H groups in total. The van der Waals surface area contributed by atoms with Gasteiger partial charge in [-0.2, -0.15) is 0 Å². The van der Waals surface area contributed by atoms with E-state index in [9.17, 15) is 22.8 Å². The Kier molecular flexibility index (Phi) is 4.74. The maximum absolute atomic E-state index is 13.2. The fraction of sp³-hybridized carbons (Fsp3) is 0.273. The third-order valence-corrected chi connectivity index (χ3v) is 2.14. The fourth-order valence-corrected chi connectivity index (χ4v) is 1.32. The van der Waals surface area contributed by atoms with Gasteiger partial charge in [-0.1, -0.05) is 0 Å². The standard InChI is InChI=1S/C11H11F3N2O3/c1-5(4-8(17)18)15-11(19)16-7-3-2-6(12)9(13)10(7)14/h2-3,5H,4H2,1H3,(H,17,18)(H2,15,16,19). The highest BCUT2D eigenvalue weighted by atomic mass is 19.2. The SMILES string of the molecule is CC(CC(=O)O)NC(=O)Nc1ccc(F)c(F)c1F. The number of carbonyl (C=O) groups excluding carboxylic acids is 1. The topological polar surface area (TPSA) is 78.4 Å². The number of nitrogens with one attached hydrogen (secondary N) is 2. The second-order valence-corrected chi connectivity index (χ2v) is 3.82. The first kappa shape index (κ1) is 14.8. The highest BCUT2D eigenvalue weighted by molar-refractivity contribution is 5.89. The summed E-state index contributed by atoms with van der Waals surface area (Å²) in [5.41, 5.74) is -0.543. The molecule has 2 amide bonds. The van der Waals surface area contributed by atoms with Gasteiger partial charge in [0.05, 0.1) is 12.1 Å². The Balaban J connectivity index is 2.67. The fourth-order valence-electron chi connectivity index (χ4n) is 1.32. The van der Waals surface area contributed by atoms with Crippen molar-refractivity contribution in [2.75, 3.05) is 5.32 Å². The first-order valence-corrected chi connectivity index (χ1v) is 5.24. The molecule has 1 aromatic carbocycles. The van der Waals surface area contributed by atoms with Crippen LogP contribution in [0.25, 0.3) is 0 Å². The van der Waals surface area contributed by atoms with Crippen molar-refractivity contribution in [3.8, 4) is 0 Å². The number of halogens is 3. The van der Waals surface area contributed by atoms with E-state index in [0.29, 0.717) is 6.07 Å². The molecule has 1 rings (SSSR count). The Morgan fingerprint density at radius 3 is 2.47 bits per heavy atom. The maximum atomic E-state index is 13.2. The van der Waals surface area contributed by atoms with Gasteiger partial charge in [0.15, 0.2) is 17.5 Å². The Labute approximate surface area is 106 Å². The van der Waals surface area contributed by atoms with E-state index in [-0.39, 0.29) is 6.42 Å². The van der Waals surface area contributed by atoms with Crippen molar-refractivity contribution in [3.63, 3.8) is 0 Å². The maximum Gasteiger partial charge on any atom is 0.319 e. The summed E-state index contributed by atoms with van der Waals surface area (Å²) in [6.45, 7) is 1.43. The van der Waals surface area contributed by atoms with E-state index in [0.717, 1.165) is 6.07 Å². The predicted octanol–water partition coefficient (Wildman–Crippen LogP) is 2.09. The largest absolute Gasteiger partial charge is 0.481 e. The summed E-state index contributed by atoms with van der Waals surface area (Å²) in [4.78, 5) is 21.7. The summed E-state index contributed by atoms with van der Waals surface area (Å²) in [7, 11) is 0. The van der Waals surface area contributed by atoms with Gasteiger partial charge in [-0.3, -0.25) is 4.79 Å². The molecule has 104 valence electrons. The van der Waals surface area contributed by atoms with Crippen molar-refractivity contribution in [2.24, 2.45) is 0 Å². The van der Waals surface area contributed by atoms with Gasteiger partial charge >= 0.3 is 12.0 Å². The average molecular weight is 276 g/mol. The van der Waals surface area contributed by atoms with E-state index < -0.39 is 41.2 Å². The van der Waals surface area contributed by atoms with Crippen LogP contribution < -0.4 is 10.6 Å². The molecule has 1 aromatic rings. The smallest absolute Gasteiger partial charge is 0.319 e. The summed E-state index contributed by atoms with van der Waals surface area (Å²) < 4.78 is 38.7. The monoisotopic (exact) mass is 276 g/mol. The quantitative estimate of drug-likeness (QED) is 0.737. The Morgan fingerprint density at radius 1 is 1.26 bits per heavy atom. The number of carboxylic acids is 1. The molecule has 0 saturated heterocycles. The zero-order chi connectivity index (χ0) is 14.6. The van der Waals surface area contributed by atoms with Crippen LogP contribution in [0.1, 0.15) is 13.3 Å². The van der Waals surface area contributed by atoms with E-state index in [4.69, 9.17) is 5.11 Å². The van der Waals surface area contributed by atoms with Gasteiger partial charge in [0.1, 0.15) is 0 Å². The molecule has 1 atom stereocenters. The summed E-state index contributed by atoms with van der Waals surface area (Å²) >= 11 is 0. The number of amides is 2. The molecule has 0 bridgehead atoms. The summed E-state index contributed by atoms with van der Waals surface area (Å²) in [6.07, 6.45) is -0.326. The zero-order valence-corrected chi connectivity index (χ0v) is 9.84. The molecule has 1 unspecified atom stereocenters. The number of carboxylic acid groups (broad SMARTS) is 1. The third-order valence-electron chi connectivity index (χ3n) is 2.14. The van der Waals surface area contributed by atoms with Crippen LogP contribution in [0.4, 0.5) is 23.7 Å². The molecule has 19 heavy (non-hydrogen) atoms. The van der Waals surface area contributed by atoms with Crippen molar-refractivity contribution in [1.82, 2.24) is 5.32 Å². The second-order valence-electron chi connectivity index (χ2n) is 3.82. The van der Waals surface area contributed by atoms with Crippen LogP contribution in [0.15, 0.2) is 12.1 Å². The normalized spacial score (nSPS) is 11.8. The molecule has 0 aliphatic rings. The van der Waals surface area contributed by atoms with E-state index >= 15 is 0 Å². The van der Waals surface area contributed by atoms with Gasteiger partial charge < -0.3 is 15.7 Å². The highest BCUT2D eigenvalue weighted by Gasteiger charge is 2.16. The number of aliphatic carboxylic acids is 1. The van der Waals surface area contributed by atoms with Gasteiger partial charge in [-0.05, 0) is 19.1 Å². The number of rotatable bonds is 4. The number of benzene rings is 1. The van der Waals surface area contributed by atoms with Crippen LogP contribution in [-0.2, 0) is 4.79 Å². The lowest BCUT2D eigenvalue weighted by atomic mass is 10.2. The molecule has 0 aliphatic carbocycles. The van der Waals surface area contributed by atoms with E-state index in [1.165, 1.54) is 6.92 Å². The summed E-state index contributed by atoms with van der Waals surface area (Å²) in [6, 6.07) is -0.103. The molecular formula is C11H11F3N2O3. The molecule has 8 heteroatoms. The molecule has 0 saturated carbocycles. The van der Waals surface area contributed by atoms with Crippen LogP contribution in [0.5, 0.6) is 0 Å². The van der Waals surface area contributed by atoms with E-state index in [1.807, 2.05) is 5.32 Å². The van der Waals surface area contributed by atoms with Crippen molar-refractivity contribution in [2.45, 2.75) is 19.4 Å². The van der Waals surface area contributed by atoms with E-state index in [2.05, 4.69) is 5.32 Å². The first-order valence-electron chi connectivity index (χ1n) is 5.24. The lowest BCUT2D eigenvalue weighted by molar-refractivity contribution is -0.137. The van der Waals surface area contributed by atoms with Crippen LogP contribution >= 0.6 is 0 Å². The van der Waals surface area contributed by atoms with Crippen molar-refractivity contribution in [3.05, 3.63) is 29.6 Å². The predicted molar refractivity (Wildman–Crippen MR) is 60.2 cm³/mol. The van der Waals surface area contributed by atoms with Crippen LogP contribution in [0.2, 0.25) is 0 Å². The molecular weight excluding hydrogens is 265 g/mol. The van der Waals surface area contributed by atoms with Crippen LogP contribution in [-0.4, -0.2) is 23.1 Å². The highest BCUT2D eigenvalue weighted by Crippen LogP contribution is 2.19. The van der Waals surface area contributed by atoms with Crippen LogP contribution in [0.3, 0.4) is 0 Å². The van der Waals surface area contributed by atoms with Crippen molar-refractivity contribution < 1.29 is 27.9 Å². The van der Waals surface area contributed by atoms with Gasteiger partial charge in [-0.15, -0.1) is 0 Å². The van der Waals surface area contributed by atoms with E-state index in [1.54, 1.807) is 0 Å². The van der Waals surface area contributed by atoms with Gasteiger partial charge in [0, 0.05) is 6.04 Å². The second kappa shape index (κ2) is 6.07. The zero-order valence-electron chi connectivity index (χ0n) is 9.84. The number of hydrogen-bond donors (Lipinski definition) is 3. The van der Waals surface area contributed by atoms with Gasteiger partial charge in [-0.25, -0.2) is 18.0 Å². The van der Waals surface area contributed by atoms with Crippen molar-refractivity contribution in [1.29, 1.82) is 0 Å². The molecule has 0 radical (unpaired) electrons. The number of hydrogen-bond acceptors (Lipinski definition) is 2.